The average Bonchev–Trinajstić information content (AvgIpc) is 2.85. The van der Waals surface area contributed by atoms with Gasteiger partial charge in [0, 0.05) is 22.7 Å². The minimum absolute atomic E-state index is 0.214. The van der Waals surface area contributed by atoms with Gasteiger partial charge in [-0.2, -0.15) is 0 Å². The highest BCUT2D eigenvalue weighted by atomic mass is 19.1. The SMILES string of the molecule is C=CCn1c(B2OC(C)(C)C(C)(C)O2)cc(=C(C)F)c1=CC. The van der Waals surface area contributed by atoms with Gasteiger partial charge in [0.25, 0.3) is 0 Å². The van der Waals surface area contributed by atoms with Gasteiger partial charge in [-0.15, -0.1) is 6.58 Å². The number of allylic oxidation sites excluding steroid dienone is 1. The number of hydrogen-bond acceptors (Lipinski definition) is 2. The summed E-state index contributed by atoms with van der Waals surface area (Å²) in [6.07, 6.45) is 3.69. The number of nitrogens with zero attached hydrogens (tertiary/aromatic N) is 1. The van der Waals surface area contributed by atoms with E-state index in [0.717, 1.165) is 10.9 Å². The molecular formula is C17H25BFNO2. The molecule has 1 aromatic heterocycles. The van der Waals surface area contributed by atoms with Gasteiger partial charge in [-0.25, -0.2) is 4.39 Å². The predicted octanol–water partition coefficient (Wildman–Crippen LogP) is 1.87. The van der Waals surface area contributed by atoms with Crippen LogP contribution in [0, 0.1) is 0 Å². The molecule has 22 heavy (non-hydrogen) atoms. The highest BCUT2D eigenvalue weighted by Gasteiger charge is 2.52. The van der Waals surface area contributed by atoms with Gasteiger partial charge < -0.3 is 13.9 Å². The molecule has 0 spiro atoms. The van der Waals surface area contributed by atoms with Gasteiger partial charge in [-0.3, -0.25) is 0 Å². The van der Waals surface area contributed by atoms with Crippen LogP contribution in [0.15, 0.2) is 18.7 Å². The minimum Gasteiger partial charge on any atom is -0.398 e. The van der Waals surface area contributed by atoms with Crippen molar-refractivity contribution < 1.29 is 13.7 Å². The maximum Gasteiger partial charge on any atom is 0.512 e. The summed E-state index contributed by atoms with van der Waals surface area (Å²) in [4.78, 5) is 0. The lowest BCUT2D eigenvalue weighted by Gasteiger charge is -2.32. The van der Waals surface area contributed by atoms with Crippen LogP contribution in [0.25, 0.3) is 11.9 Å². The molecule has 0 aliphatic carbocycles. The fraction of sp³-hybridized carbons (Fsp3) is 0.529. The van der Waals surface area contributed by atoms with Crippen LogP contribution in [0.4, 0.5) is 4.39 Å². The molecule has 0 bridgehead atoms. The lowest BCUT2D eigenvalue weighted by molar-refractivity contribution is 0.00578. The molecule has 0 aromatic carbocycles. The van der Waals surface area contributed by atoms with Crippen molar-refractivity contribution in [2.24, 2.45) is 0 Å². The Morgan fingerprint density at radius 1 is 1.32 bits per heavy atom. The Bertz CT molecular complexity index is 683. The second-order valence-electron chi connectivity index (χ2n) is 6.68. The first kappa shape index (κ1) is 17.0. The van der Waals surface area contributed by atoms with E-state index in [4.69, 9.17) is 9.31 Å². The van der Waals surface area contributed by atoms with Crippen LogP contribution >= 0.6 is 0 Å². The van der Waals surface area contributed by atoms with Crippen molar-refractivity contribution in [3.05, 3.63) is 29.3 Å². The van der Waals surface area contributed by atoms with E-state index in [2.05, 4.69) is 6.58 Å². The van der Waals surface area contributed by atoms with Crippen LogP contribution in [-0.4, -0.2) is 22.9 Å². The Balaban J connectivity index is 2.63. The van der Waals surface area contributed by atoms with Gasteiger partial charge in [0.1, 0.15) is 5.83 Å². The van der Waals surface area contributed by atoms with Crippen LogP contribution in [0.5, 0.6) is 0 Å². The summed E-state index contributed by atoms with van der Waals surface area (Å²) in [5.41, 5.74) is -0.0317. The molecule has 1 fully saturated rings. The second-order valence-corrected chi connectivity index (χ2v) is 6.68. The molecule has 3 nitrogen and oxygen atoms in total. The molecule has 1 aliphatic rings. The monoisotopic (exact) mass is 305 g/mol. The molecule has 0 saturated carbocycles. The van der Waals surface area contributed by atoms with Gasteiger partial charge in [0.15, 0.2) is 0 Å². The summed E-state index contributed by atoms with van der Waals surface area (Å²) >= 11 is 0. The summed E-state index contributed by atoms with van der Waals surface area (Å²) in [5, 5.41) is 1.40. The zero-order valence-electron chi connectivity index (χ0n) is 14.4. The highest BCUT2D eigenvalue weighted by molar-refractivity contribution is 6.61. The number of aromatic nitrogens is 1. The van der Waals surface area contributed by atoms with Crippen molar-refractivity contribution in [3.63, 3.8) is 0 Å². The quantitative estimate of drug-likeness (QED) is 0.629. The molecule has 120 valence electrons. The second kappa shape index (κ2) is 5.71. The van der Waals surface area contributed by atoms with Crippen molar-refractivity contribution >= 4 is 24.6 Å². The molecule has 0 unspecified atom stereocenters. The van der Waals surface area contributed by atoms with Gasteiger partial charge in [-0.05, 0) is 47.6 Å². The number of hydrogen-bond donors (Lipinski definition) is 0. The van der Waals surface area contributed by atoms with Gasteiger partial charge in [-0.1, -0.05) is 12.2 Å². The Hall–Kier alpha value is -1.33. The number of rotatable bonds is 3. The zero-order chi connectivity index (χ0) is 16.7. The summed E-state index contributed by atoms with van der Waals surface area (Å²) in [5.74, 6) is -0.214. The predicted molar refractivity (Wildman–Crippen MR) is 89.9 cm³/mol. The first-order chi connectivity index (χ1) is 10.1. The molecule has 1 aliphatic heterocycles. The Labute approximate surface area is 132 Å². The van der Waals surface area contributed by atoms with Crippen molar-refractivity contribution in [3.8, 4) is 0 Å². The van der Waals surface area contributed by atoms with Gasteiger partial charge in [0.2, 0.25) is 0 Å². The third kappa shape index (κ3) is 2.68. The van der Waals surface area contributed by atoms with Gasteiger partial charge >= 0.3 is 7.12 Å². The standard InChI is InChI=1S/C17H25BFNO2/c1-8-10-20-14(9-2)13(12(3)19)11-15(20)18-21-16(4,5)17(6,7)22-18/h8-9,11H,1,10H2,2-7H3. The van der Waals surface area contributed by atoms with Crippen LogP contribution in [0.3, 0.4) is 0 Å². The largest absolute Gasteiger partial charge is 0.512 e. The van der Waals surface area contributed by atoms with Crippen LogP contribution in [0.2, 0.25) is 0 Å². The van der Waals surface area contributed by atoms with Crippen molar-refractivity contribution in [1.29, 1.82) is 0 Å². The minimum atomic E-state index is -0.517. The zero-order valence-corrected chi connectivity index (χ0v) is 14.4. The Kier molecular flexibility index (Phi) is 4.42. The molecule has 2 heterocycles. The fourth-order valence-corrected chi connectivity index (χ4v) is 2.66. The lowest BCUT2D eigenvalue weighted by atomic mass is 9.84. The molecular weight excluding hydrogens is 280 g/mol. The van der Waals surface area contributed by atoms with E-state index >= 15 is 0 Å². The van der Waals surface area contributed by atoms with Crippen LogP contribution < -0.4 is 16.2 Å². The van der Waals surface area contributed by atoms with E-state index in [1.54, 1.807) is 6.08 Å². The molecule has 2 rings (SSSR count). The maximum absolute atomic E-state index is 13.9. The van der Waals surface area contributed by atoms with Crippen LogP contribution in [0.1, 0.15) is 41.5 Å². The van der Waals surface area contributed by atoms with E-state index in [1.165, 1.54) is 6.92 Å². The molecule has 1 saturated heterocycles. The normalized spacial score (nSPS) is 22.1. The first-order valence-corrected chi connectivity index (χ1v) is 7.63. The van der Waals surface area contributed by atoms with E-state index in [-0.39, 0.29) is 5.83 Å². The molecule has 0 N–H and O–H groups in total. The highest BCUT2D eigenvalue weighted by Crippen LogP contribution is 2.36. The smallest absolute Gasteiger partial charge is 0.398 e. The topological polar surface area (TPSA) is 23.4 Å². The molecule has 0 amide bonds. The summed E-state index contributed by atoms with van der Waals surface area (Å²) in [7, 11) is -0.517. The molecule has 0 radical (unpaired) electrons. The lowest BCUT2D eigenvalue weighted by Crippen LogP contribution is -2.42. The van der Waals surface area contributed by atoms with E-state index in [1.807, 2.05) is 51.3 Å². The first-order valence-electron chi connectivity index (χ1n) is 7.63. The van der Waals surface area contributed by atoms with E-state index in [0.29, 0.717) is 11.8 Å². The molecule has 5 heteroatoms. The third-order valence-electron chi connectivity index (χ3n) is 4.62. The maximum atomic E-state index is 13.9. The molecule has 0 atom stereocenters. The number of halogens is 1. The average molecular weight is 305 g/mol. The van der Waals surface area contributed by atoms with Crippen molar-refractivity contribution in [2.75, 3.05) is 0 Å². The summed E-state index contributed by atoms with van der Waals surface area (Å²) in [6.45, 7) is 15.8. The summed E-state index contributed by atoms with van der Waals surface area (Å²) in [6, 6.07) is 1.82. The Morgan fingerprint density at radius 3 is 2.27 bits per heavy atom. The fourth-order valence-electron chi connectivity index (χ4n) is 2.66. The van der Waals surface area contributed by atoms with Gasteiger partial charge in [0.05, 0.1) is 11.2 Å². The summed E-state index contributed by atoms with van der Waals surface area (Å²) < 4.78 is 28.1. The molecule has 1 aromatic rings. The van der Waals surface area contributed by atoms with Crippen molar-refractivity contribution in [1.82, 2.24) is 4.57 Å². The van der Waals surface area contributed by atoms with Crippen molar-refractivity contribution in [2.45, 2.75) is 59.3 Å². The third-order valence-corrected chi connectivity index (χ3v) is 4.62. The van der Waals surface area contributed by atoms with E-state index < -0.39 is 18.3 Å². The Morgan fingerprint density at radius 2 is 1.86 bits per heavy atom. The van der Waals surface area contributed by atoms with Crippen LogP contribution in [-0.2, 0) is 15.9 Å². The van der Waals surface area contributed by atoms with E-state index in [9.17, 15) is 4.39 Å².